The van der Waals surface area contributed by atoms with Crippen molar-refractivity contribution >= 4 is 5.97 Å². The molecular weight excluding hydrogens is 604 g/mol. The Morgan fingerprint density at radius 3 is 1.41 bits per heavy atom. The Labute approximate surface area is 296 Å². The maximum atomic E-state index is 11.6. The van der Waals surface area contributed by atoms with Gasteiger partial charge in [-0.05, 0) is 66.6 Å². The highest BCUT2D eigenvalue weighted by Gasteiger charge is 2.05. The number of hydrogen-bond acceptors (Lipinski definition) is 4. The minimum atomic E-state index is -0.288. The van der Waals surface area contributed by atoms with E-state index < -0.39 is 0 Å². The molecule has 0 fully saturated rings. The SMILES string of the molecule is CCCCOCc1ccccc1.CCCCOc1ccccc1.CCCCc1ccccc1.O=C(OCc1ccccc1)c1ccccc1. The van der Waals surface area contributed by atoms with Crippen LogP contribution in [-0.4, -0.2) is 19.2 Å². The molecule has 0 saturated carbocycles. The summed E-state index contributed by atoms with van der Waals surface area (Å²) < 4.78 is 16.1. The summed E-state index contributed by atoms with van der Waals surface area (Å²) in [7, 11) is 0. The third-order valence-electron chi connectivity index (χ3n) is 7.15. The van der Waals surface area contributed by atoms with Gasteiger partial charge in [-0.15, -0.1) is 0 Å². The van der Waals surface area contributed by atoms with Crippen LogP contribution in [0.25, 0.3) is 0 Å². The van der Waals surface area contributed by atoms with Gasteiger partial charge in [0, 0.05) is 6.61 Å². The van der Waals surface area contributed by atoms with Crippen LogP contribution in [0.3, 0.4) is 0 Å². The lowest BCUT2D eigenvalue weighted by Crippen LogP contribution is -2.04. The minimum Gasteiger partial charge on any atom is -0.494 e. The maximum Gasteiger partial charge on any atom is 0.338 e. The van der Waals surface area contributed by atoms with Crippen molar-refractivity contribution < 1.29 is 19.0 Å². The van der Waals surface area contributed by atoms with Gasteiger partial charge in [-0.25, -0.2) is 4.79 Å². The predicted octanol–water partition coefficient (Wildman–Crippen LogP) is 11.9. The van der Waals surface area contributed by atoms with Crippen LogP contribution in [0.15, 0.2) is 152 Å². The second-order valence-corrected chi connectivity index (χ2v) is 11.4. The molecule has 5 aromatic carbocycles. The average molecular weight is 661 g/mol. The molecule has 0 saturated heterocycles. The van der Waals surface area contributed by atoms with E-state index in [2.05, 4.69) is 63.2 Å². The topological polar surface area (TPSA) is 44.8 Å². The predicted molar refractivity (Wildman–Crippen MR) is 205 cm³/mol. The normalized spacial score (nSPS) is 9.78. The van der Waals surface area contributed by atoms with Gasteiger partial charge >= 0.3 is 5.97 Å². The van der Waals surface area contributed by atoms with Crippen LogP contribution in [0.2, 0.25) is 0 Å². The third-order valence-corrected chi connectivity index (χ3v) is 7.15. The van der Waals surface area contributed by atoms with Crippen LogP contribution in [0, 0.1) is 0 Å². The first-order valence-corrected chi connectivity index (χ1v) is 17.8. The van der Waals surface area contributed by atoms with Crippen molar-refractivity contribution in [3.8, 4) is 5.75 Å². The zero-order valence-electron chi connectivity index (χ0n) is 29.8. The van der Waals surface area contributed by atoms with E-state index in [0.717, 1.165) is 44.0 Å². The first-order valence-electron chi connectivity index (χ1n) is 17.8. The van der Waals surface area contributed by atoms with Crippen molar-refractivity contribution in [2.24, 2.45) is 0 Å². The average Bonchev–Trinajstić information content (AvgIpc) is 3.18. The molecule has 0 N–H and O–H groups in total. The third kappa shape index (κ3) is 21.0. The summed E-state index contributed by atoms with van der Waals surface area (Å²) >= 11 is 0. The number of benzene rings is 5. The van der Waals surface area contributed by atoms with Crippen molar-refractivity contribution in [1.82, 2.24) is 0 Å². The highest BCUT2D eigenvalue weighted by molar-refractivity contribution is 5.89. The number of carbonyl (C=O) groups excluding carboxylic acids is 1. The molecule has 0 aliphatic rings. The molecule has 4 nitrogen and oxygen atoms in total. The molecule has 0 aliphatic heterocycles. The van der Waals surface area contributed by atoms with Crippen LogP contribution in [0.1, 0.15) is 86.3 Å². The molecule has 0 bridgehead atoms. The number of aryl methyl sites for hydroxylation is 1. The molecule has 0 atom stereocenters. The lowest BCUT2D eigenvalue weighted by atomic mass is 10.1. The van der Waals surface area contributed by atoms with Gasteiger partial charge in [0.25, 0.3) is 0 Å². The highest BCUT2D eigenvalue weighted by atomic mass is 16.5. The molecule has 5 rings (SSSR count). The fraction of sp³-hybridized carbons (Fsp3) is 0.311. The van der Waals surface area contributed by atoms with Gasteiger partial charge in [-0.1, -0.05) is 167 Å². The Morgan fingerprint density at radius 2 is 0.898 bits per heavy atom. The standard InChI is InChI=1S/C14H12O2.C11H16O.C10H14O.C10H14/c15-14(13-9-5-2-6-10-13)16-11-12-7-3-1-4-8-12;1-2-3-9-12-10-11-7-5-4-6-8-11;1-2-3-9-11-10-7-5-4-6-8-10;1-2-3-7-10-8-5-4-6-9-10/h1-10H,11H2;4-8H,2-3,9-10H2,1H3;4-8H,2-3,9H2,1H3;4-6,8-9H,2-3,7H2,1H3. The Balaban J connectivity index is 0.000000231. The molecule has 0 aromatic heterocycles. The van der Waals surface area contributed by atoms with Gasteiger partial charge in [-0.3, -0.25) is 0 Å². The van der Waals surface area contributed by atoms with Gasteiger partial charge in [0.15, 0.2) is 0 Å². The van der Waals surface area contributed by atoms with Crippen LogP contribution >= 0.6 is 0 Å². The number of ether oxygens (including phenoxy) is 3. The Bertz CT molecular complexity index is 1430. The molecule has 5 aromatic rings. The van der Waals surface area contributed by atoms with E-state index in [1.54, 1.807) is 12.1 Å². The summed E-state index contributed by atoms with van der Waals surface area (Å²) in [6.45, 7) is 9.34. The van der Waals surface area contributed by atoms with E-state index >= 15 is 0 Å². The zero-order chi connectivity index (χ0) is 35.0. The number of esters is 1. The van der Waals surface area contributed by atoms with Crippen molar-refractivity contribution in [2.75, 3.05) is 13.2 Å². The second kappa shape index (κ2) is 28.4. The Kier molecular flexibility index (Phi) is 23.4. The molecule has 0 unspecified atom stereocenters. The van der Waals surface area contributed by atoms with Gasteiger partial charge in [0.05, 0.1) is 18.8 Å². The zero-order valence-corrected chi connectivity index (χ0v) is 29.8. The largest absolute Gasteiger partial charge is 0.494 e. The molecule has 260 valence electrons. The lowest BCUT2D eigenvalue weighted by Gasteiger charge is -2.04. The van der Waals surface area contributed by atoms with Crippen molar-refractivity contribution in [3.05, 3.63) is 174 Å². The van der Waals surface area contributed by atoms with Crippen LogP contribution < -0.4 is 4.74 Å². The van der Waals surface area contributed by atoms with Gasteiger partial charge in [0.2, 0.25) is 0 Å². The molecule has 0 aliphatic carbocycles. The quantitative estimate of drug-likeness (QED) is 0.0828. The number of hydrogen-bond donors (Lipinski definition) is 0. The van der Waals surface area contributed by atoms with Gasteiger partial charge < -0.3 is 14.2 Å². The highest BCUT2D eigenvalue weighted by Crippen LogP contribution is 2.09. The molecule has 4 heteroatoms. The van der Waals surface area contributed by atoms with Crippen LogP contribution in [0.4, 0.5) is 0 Å². The van der Waals surface area contributed by atoms with Crippen molar-refractivity contribution in [1.29, 1.82) is 0 Å². The van der Waals surface area contributed by atoms with Crippen molar-refractivity contribution in [2.45, 2.75) is 78.9 Å². The molecular formula is C45H56O4. The molecule has 0 spiro atoms. The summed E-state index contributed by atoms with van der Waals surface area (Å²) in [4.78, 5) is 11.6. The number of carbonyl (C=O) groups is 1. The maximum absolute atomic E-state index is 11.6. The van der Waals surface area contributed by atoms with Crippen LogP contribution in [0.5, 0.6) is 5.75 Å². The van der Waals surface area contributed by atoms with Crippen molar-refractivity contribution in [3.63, 3.8) is 0 Å². The van der Waals surface area contributed by atoms with E-state index in [-0.39, 0.29) is 5.97 Å². The summed E-state index contributed by atoms with van der Waals surface area (Å²) in [6, 6.07) is 49.5. The molecule has 0 heterocycles. The number of rotatable bonds is 15. The summed E-state index contributed by atoms with van der Waals surface area (Å²) in [6.07, 6.45) is 8.51. The van der Waals surface area contributed by atoms with E-state index in [4.69, 9.17) is 14.2 Å². The molecule has 0 radical (unpaired) electrons. The van der Waals surface area contributed by atoms with E-state index in [9.17, 15) is 4.79 Å². The fourth-order valence-corrected chi connectivity index (χ4v) is 4.27. The van der Waals surface area contributed by atoms with E-state index in [0.29, 0.717) is 12.2 Å². The second-order valence-electron chi connectivity index (χ2n) is 11.4. The Hall–Kier alpha value is -4.67. The number of unbranched alkanes of at least 4 members (excludes halogenated alkanes) is 3. The summed E-state index contributed by atoms with van der Waals surface area (Å²) in [5.74, 6) is 0.686. The molecule has 0 amide bonds. The van der Waals surface area contributed by atoms with E-state index in [1.807, 2.05) is 97.1 Å². The smallest absolute Gasteiger partial charge is 0.338 e. The number of para-hydroxylation sites is 1. The summed E-state index contributed by atoms with van der Waals surface area (Å²) in [5, 5.41) is 0. The van der Waals surface area contributed by atoms with Gasteiger partial charge in [-0.2, -0.15) is 0 Å². The fourth-order valence-electron chi connectivity index (χ4n) is 4.27. The first-order chi connectivity index (χ1) is 24.2. The first kappa shape index (κ1) is 40.5. The van der Waals surface area contributed by atoms with Gasteiger partial charge in [0.1, 0.15) is 12.4 Å². The Morgan fingerprint density at radius 1 is 0.469 bits per heavy atom. The summed E-state index contributed by atoms with van der Waals surface area (Å²) in [5.41, 5.74) is 4.29. The van der Waals surface area contributed by atoms with E-state index in [1.165, 1.54) is 43.2 Å². The monoisotopic (exact) mass is 660 g/mol. The lowest BCUT2D eigenvalue weighted by molar-refractivity contribution is 0.0472. The minimum absolute atomic E-state index is 0.288. The molecule has 49 heavy (non-hydrogen) atoms. The van der Waals surface area contributed by atoms with Crippen LogP contribution in [-0.2, 0) is 29.1 Å².